The van der Waals surface area contributed by atoms with E-state index in [1.165, 1.54) is 24.8 Å². The van der Waals surface area contributed by atoms with Crippen LogP contribution < -0.4 is 10.2 Å². The van der Waals surface area contributed by atoms with Crippen molar-refractivity contribution in [2.75, 3.05) is 29.9 Å². The molecule has 0 atom stereocenters. The van der Waals surface area contributed by atoms with Crippen LogP contribution >= 0.6 is 0 Å². The molecule has 3 rings (SSSR count). The Morgan fingerprint density at radius 2 is 1.96 bits per heavy atom. The molecule has 1 aromatic carbocycles. The second kappa shape index (κ2) is 7.90. The highest BCUT2D eigenvalue weighted by Crippen LogP contribution is 2.24. The minimum Gasteiger partial charge on any atom is -0.355 e. The Morgan fingerprint density at radius 3 is 2.70 bits per heavy atom. The van der Waals surface area contributed by atoms with E-state index in [1.807, 2.05) is 0 Å². The van der Waals surface area contributed by atoms with E-state index in [-0.39, 0.29) is 0 Å². The zero-order valence-corrected chi connectivity index (χ0v) is 13.8. The fraction of sp³-hybridized carbons (Fsp3) is 0.500. The van der Waals surface area contributed by atoms with E-state index in [4.69, 9.17) is 0 Å². The lowest BCUT2D eigenvalue weighted by atomic mass is 9.90. The zero-order chi connectivity index (χ0) is 15.9. The summed E-state index contributed by atoms with van der Waals surface area (Å²) in [4.78, 5) is 6.91. The Kier molecular flexibility index (Phi) is 5.40. The molecule has 0 spiro atoms. The quantitative estimate of drug-likeness (QED) is 0.888. The standard InChI is InChI=1S/C18H25N5/c1-2-10-19-18-21-17(14-20-22-18)23-11-8-16(9-12-23)13-15-6-4-3-5-7-15/h3-7,14,16H,2,8-13H2,1H3,(H,19,21,22). The van der Waals surface area contributed by atoms with Gasteiger partial charge in [-0.25, -0.2) is 0 Å². The molecule has 2 heterocycles. The Bertz CT molecular complexity index is 593. The smallest absolute Gasteiger partial charge is 0.244 e. The van der Waals surface area contributed by atoms with Gasteiger partial charge in [0.05, 0.1) is 6.20 Å². The van der Waals surface area contributed by atoms with Gasteiger partial charge in [0.25, 0.3) is 0 Å². The van der Waals surface area contributed by atoms with E-state index < -0.39 is 0 Å². The second-order valence-electron chi connectivity index (χ2n) is 6.19. The highest BCUT2D eigenvalue weighted by molar-refractivity contribution is 5.40. The van der Waals surface area contributed by atoms with Crippen molar-refractivity contribution in [1.29, 1.82) is 0 Å². The molecule has 1 fully saturated rings. The topological polar surface area (TPSA) is 53.9 Å². The largest absolute Gasteiger partial charge is 0.355 e. The molecule has 0 unspecified atom stereocenters. The number of aromatic nitrogens is 3. The minimum atomic E-state index is 0.635. The Labute approximate surface area is 138 Å². The zero-order valence-electron chi connectivity index (χ0n) is 13.8. The average molecular weight is 311 g/mol. The van der Waals surface area contributed by atoms with Gasteiger partial charge < -0.3 is 10.2 Å². The van der Waals surface area contributed by atoms with E-state index in [0.29, 0.717) is 5.95 Å². The van der Waals surface area contributed by atoms with Crippen molar-refractivity contribution >= 4 is 11.8 Å². The van der Waals surface area contributed by atoms with Crippen LogP contribution in [0, 0.1) is 5.92 Å². The Morgan fingerprint density at radius 1 is 1.17 bits per heavy atom. The highest BCUT2D eigenvalue weighted by atomic mass is 15.3. The molecule has 0 aliphatic carbocycles. The van der Waals surface area contributed by atoms with Gasteiger partial charge in [0.2, 0.25) is 5.95 Å². The SMILES string of the molecule is CCCNc1nncc(N2CCC(Cc3ccccc3)CC2)n1. The van der Waals surface area contributed by atoms with Crippen LogP contribution in [-0.2, 0) is 6.42 Å². The van der Waals surface area contributed by atoms with Gasteiger partial charge >= 0.3 is 0 Å². The molecule has 5 heteroatoms. The summed E-state index contributed by atoms with van der Waals surface area (Å²) in [5.41, 5.74) is 1.45. The number of hydrogen-bond donors (Lipinski definition) is 1. The van der Waals surface area contributed by atoms with Crippen LogP contribution in [0.2, 0.25) is 0 Å². The van der Waals surface area contributed by atoms with Crippen LogP contribution in [0.5, 0.6) is 0 Å². The average Bonchev–Trinajstić information content (AvgIpc) is 2.62. The highest BCUT2D eigenvalue weighted by Gasteiger charge is 2.21. The molecule has 1 aliphatic heterocycles. The van der Waals surface area contributed by atoms with E-state index in [1.54, 1.807) is 6.20 Å². The third-order valence-electron chi connectivity index (χ3n) is 4.38. The number of anilines is 2. The molecule has 2 aromatic rings. The first kappa shape index (κ1) is 15.7. The van der Waals surface area contributed by atoms with Crippen molar-refractivity contribution in [3.8, 4) is 0 Å². The first-order valence-electron chi connectivity index (χ1n) is 8.57. The van der Waals surface area contributed by atoms with Crippen molar-refractivity contribution in [1.82, 2.24) is 15.2 Å². The predicted octanol–water partition coefficient (Wildman–Crippen LogP) is 3.15. The summed E-state index contributed by atoms with van der Waals surface area (Å²) in [6, 6.07) is 10.8. The van der Waals surface area contributed by atoms with E-state index in [9.17, 15) is 0 Å². The molecular formula is C18H25N5. The van der Waals surface area contributed by atoms with Crippen molar-refractivity contribution in [3.63, 3.8) is 0 Å². The summed E-state index contributed by atoms with van der Waals surface area (Å²) in [6.45, 7) is 5.10. The van der Waals surface area contributed by atoms with Crippen LogP contribution in [0.25, 0.3) is 0 Å². The number of piperidine rings is 1. The Hall–Kier alpha value is -2.17. The summed E-state index contributed by atoms with van der Waals surface area (Å²) in [5.74, 6) is 2.34. The molecule has 0 radical (unpaired) electrons. The van der Waals surface area contributed by atoms with Gasteiger partial charge in [-0.2, -0.15) is 10.1 Å². The molecule has 0 amide bonds. The van der Waals surface area contributed by atoms with E-state index in [0.717, 1.165) is 37.8 Å². The first-order chi connectivity index (χ1) is 11.3. The second-order valence-corrected chi connectivity index (χ2v) is 6.19. The van der Waals surface area contributed by atoms with Crippen LogP contribution in [0.4, 0.5) is 11.8 Å². The van der Waals surface area contributed by atoms with Crippen molar-refractivity contribution in [2.24, 2.45) is 5.92 Å². The van der Waals surface area contributed by atoms with Crippen molar-refractivity contribution in [3.05, 3.63) is 42.1 Å². The molecule has 5 nitrogen and oxygen atoms in total. The number of benzene rings is 1. The van der Waals surface area contributed by atoms with Crippen LogP contribution in [0.1, 0.15) is 31.7 Å². The van der Waals surface area contributed by atoms with Gasteiger partial charge in [-0.1, -0.05) is 37.3 Å². The van der Waals surface area contributed by atoms with Gasteiger partial charge in [-0.05, 0) is 37.2 Å². The van der Waals surface area contributed by atoms with E-state index >= 15 is 0 Å². The van der Waals surface area contributed by atoms with Gasteiger partial charge in [0, 0.05) is 19.6 Å². The summed E-state index contributed by atoms with van der Waals surface area (Å²) in [5, 5.41) is 11.3. The van der Waals surface area contributed by atoms with Crippen LogP contribution in [0.3, 0.4) is 0 Å². The summed E-state index contributed by atoms with van der Waals surface area (Å²) < 4.78 is 0. The van der Waals surface area contributed by atoms with E-state index in [2.05, 4.69) is 62.7 Å². The maximum Gasteiger partial charge on any atom is 0.244 e. The fourth-order valence-corrected chi connectivity index (χ4v) is 3.07. The third kappa shape index (κ3) is 4.41. The Balaban J connectivity index is 1.54. The molecular weight excluding hydrogens is 286 g/mol. The lowest BCUT2D eigenvalue weighted by Gasteiger charge is -2.32. The third-order valence-corrected chi connectivity index (χ3v) is 4.38. The molecule has 0 saturated carbocycles. The fourth-order valence-electron chi connectivity index (χ4n) is 3.07. The molecule has 0 bridgehead atoms. The summed E-state index contributed by atoms with van der Waals surface area (Å²) in [7, 11) is 0. The lowest BCUT2D eigenvalue weighted by Crippen LogP contribution is -2.35. The minimum absolute atomic E-state index is 0.635. The summed E-state index contributed by atoms with van der Waals surface area (Å²) in [6.07, 6.45) is 6.42. The van der Waals surface area contributed by atoms with Gasteiger partial charge in [-0.3, -0.25) is 0 Å². The lowest BCUT2D eigenvalue weighted by molar-refractivity contribution is 0.402. The van der Waals surface area contributed by atoms with Crippen molar-refractivity contribution < 1.29 is 0 Å². The molecule has 1 N–H and O–H groups in total. The van der Waals surface area contributed by atoms with Crippen LogP contribution in [0.15, 0.2) is 36.5 Å². The molecule has 1 aromatic heterocycles. The predicted molar refractivity (Wildman–Crippen MR) is 93.7 cm³/mol. The molecule has 23 heavy (non-hydrogen) atoms. The van der Waals surface area contributed by atoms with Gasteiger partial charge in [-0.15, -0.1) is 5.10 Å². The van der Waals surface area contributed by atoms with Gasteiger partial charge in [0.15, 0.2) is 5.82 Å². The van der Waals surface area contributed by atoms with Crippen LogP contribution in [-0.4, -0.2) is 34.8 Å². The molecule has 1 aliphatic rings. The molecule has 122 valence electrons. The maximum absolute atomic E-state index is 4.58. The first-order valence-corrected chi connectivity index (χ1v) is 8.57. The van der Waals surface area contributed by atoms with Crippen molar-refractivity contribution in [2.45, 2.75) is 32.6 Å². The summed E-state index contributed by atoms with van der Waals surface area (Å²) >= 11 is 0. The maximum atomic E-state index is 4.58. The number of rotatable bonds is 6. The normalized spacial score (nSPS) is 15.6. The molecule has 1 saturated heterocycles. The van der Waals surface area contributed by atoms with Gasteiger partial charge in [0.1, 0.15) is 0 Å². The number of nitrogens with zero attached hydrogens (tertiary/aromatic N) is 4. The number of hydrogen-bond acceptors (Lipinski definition) is 5. The monoisotopic (exact) mass is 311 g/mol. The number of nitrogens with one attached hydrogen (secondary N) is 1.